The Bertz CT molecular complexity index is 1050. The number of nitrogens with two attached hydrogens (primary N) is 1. The number of anilines is 1. The predicted octanol–water partition coefficient (Wildman–Crippen LogP) is 2.35. The molecule has 0 saturated heterocycles. The van der Waals surface area contributed by atoms with Crippen LogP contribution in [0.1, 0.15) is 21.5 Å². The number of aromatic nitrogens is 2. The second-order valence-electron chi connectivity index (χ2n) is 6.98. The molecule has 7 heteroatoms. The van der Waals surface area contributed by atoms with Crippen molar-refractivity contribution in [2.45, 2.75) is 13.0 Å². The van der Waals surface area contributed by atoms with Gasteiger partial charge in [-0.15, -0.1) is 0 Å². The van der Waals surface area contributed by atoms with E-state index < -0.39 is 0 Å². The van der Waals surface area contributed by atoms with Crippen molar-refractivity contribution in [3.63, 3.8) is 0 Å². The van der Waals surface area contributed by atoms with Crippen molar-refractivity contribution in [2.24, 2.45) is 0 Å². The molecule has 2 aromatic heterocycles. The van der Waals surface area contributed by atoms with Crippen molar-refractivity contribution in [3.05, 3.63) is 59.5 Å². The predicted molar refractivity (Wildman–Crippen MR) is 104 cm³/mol. The van der Waals surface area contributed by atoms with Crippen LogP contribution in [0.15, 0.2) is 42.9 Å². The topological polar surface area (TPSA) is 84.5 Å². The van der Waals surface area contributed by atoms with Gasteiger partial charge in [0.2, 0.25) is 0 Å². The molecule has 0 unspecified atom stereocenters. The Morgan fingerprint density at radius 2 is 2.00 bits per heavy atom. The fourth-order valence-electron chi connectivity index (χ4n) is 3.59. The van der Waals surface area contributed by atoms with Crippen LogP contribution in [0.4, 0.5) is 10.5 Å². The summed E-state index contributed by atoms with van der Waals surface area (Å²) in [5.41, 5.74) is 9.78. The molecule has 0 spiro atoms. The zero-order valence-corrected chi connectivity index (χ0v) is 15.3. The van der Waals surface area contributed by atoms with E-state index in [0.717, 1.165) is 22.0 Å². The number of rotatable bonds is 1. The Hall–Kier alpha value is -3.35. The van der Waals surface area contributed by atoms with Crippen molar-refractivity contribution >= 4 is 28.5 Å². The highest BCUT2D eigenvalue weighted by atomic mass is 16.2. The molecule has 1 aliphatic rings. The fraction of sp³-hybridized carbons (Fsp3) is 0.250. The van der Waals surface area contributed by atoms with Crippen LogP contribution in [0.3, 0.4) is 0 Å². The zero-order chi connectivity index (χ0) is 19.1. The van der Waals surface area contributed by atoms with Gasteiger partial charge in [0.1, 0.15) is 0 Å². The van der Waals surface area contributed by atoms with E-state index in [4.69, 9.17) is 5.73 Å². The summed E-state index contributed by atoms with van der Waals surface area (Å²) < 4.78 is 1.63. The van der Waals surface area contributed by atoms with Gasteiger partial charge in [0.05, 0.1) is 11.1 Å². The quantitative estimate of drug-likeness (QED) is 0.673. The first-order chi connectivity index (χ1) is 13.0. The molecule has 27 heavy (non-hydrogen) atoms. The Kier molecular flexibility index (Phi) is 4.07. The number of nitrogens with zero attached hydrogens (tertiary/aromatic N) is 4. The normalized spacial score (nSPS) is 13.5. The molecule has 0 fully saturated rings. The van der Waals surface area contributed by atoms with Crippen LogP contribution in [0.2, 0.25) is 0 Å². The third kappa shape index (κ3) is 2.91. The Morgan fingerprint density at radius 3 is 2.78 bits per heavy atom. The summed E-state index contributed by atoms with van der Waals surface area (Å²) in [4.78, 5) is 33.0. The number of carbonyl (C=O) groups is 2. The van der Waals surface area contributed by atoms with E-state index in [1.165, 1.54) is 0 Å². The molecule has 0 radical (unpaired) electrons. The maximum Gasteiger partial charge on any atom is 0.319 e. The molecule has 0 saturated carbocycles. The van der Waals surface area contributed by atoms with Crippen LogP contribution < -0.4 is 5.73 Å². The van der Waals surface area contributed by atoms with Gasteiger partial charge in [-0.05, 0) is 41.8 Å². The number of hydrogen-bond donors (Lipinski definition) is 1. The summed E-state index contributed by atoms with van der Waals surface area (Å²) in [6.07, 6.45) is 5.75. The highest BCUT2D eigenvalue weighted by Crippen LogP contribution is 2.25. The largest absolute Gasteiger partial charge is 0.399 e. The van der Waals surface area contributed by atoms with E-state index in [2.05, 4.69) is 4.98 Å². The maximum absolute atomic E-state index is 13.2. The van der Waals surface area contributed by atoms with E-state index >= 15 is 0 Å². The van der Waals surface area contributed by atoms with Gasteiger partial charge < -0.3 is 15.5 Å². The van der Waals surface area contributed by atoms with Crippen LogP contribution in [0, 0.1) is 0 Å². The first-order valence-corrected chi connectivity index (χ1v) is 8.79. The highest BCUT2D eigenvalue weighted by molar-refractivity contribution is 6.03. The maximum atomic E-state index is 13.2. The smallest absolute Gasteiger partial charge is 0.319 e. The van der Waals surface area contributed by atoms with Crippen molar-refractivity contribution in [2.75, 3.05) is 26.4 Å². The van der Waals surface area contributed by atoms with Crippen molar-refractivity contribution in [1.29, 1.82) is 0 Å². The number of amides is 2. The molecule has 1 aromatic carbocycles. The third-order valence-corrected chi connectivity index (χ3v) is 4.96. The lowest BCUT2D eigenvalue weighted by Gasteiger charge is -2.31. The minimum Gasteiger partial charge on any atom is -0.399 e. The van der Waals surface area contributed by atoms with E-state index in [0.29, 0.717) is 30.8 Å². The molecule has 4 rings (SSSR count). The third-order valence-electron chi connectivity index (χ3n) is 4.96. The lowest BCUT2D eigenvalue weighted by atomic mass is 9.96. The zero-order valence-electron chi connectivity index (χ0n) is 15.3. The molecule has 0 atom stereocenters. The van der Waals surface area contributed by atoms with Gasteiger partial charge in [-0.25, -0.2) is 4.79 Å². The molecule has 7 nitrogen and oxygen atoms in total. The number of fused-ring (bicyclic) bond motifs is 2. The second kappa shape index (κ2) is 6.42. The number of carbonyl (C=O) groups excluding carboxylic acids is 2. The number of nitrogen functional groups attached to an aromatic ring is 1. The molecule has 3 aromatic rings. The van der Waals surface area contributed by atoms with E-state index in [1.54, 1.807) is 53.1 Å². The molecule has 1 aliphatic heterocycles. The number of hydrogen-bond acceptors (Lipinski definition) is 4. The van der Waals surface area contributed by atoms with Gasteiger partial charge in [-0.2, -0.15) is 0 Å². The van der Waals surface area contributed by atoms with Crippen molar-refractivity contribution < 1.29 is 9.59 Å². The van der Waals surface area contributed by atoms with Crippen LogP contribution in [-0.4, -0.2) is 51.9 Å². The summed E-state index contributed by atoms with van der Waals surface area (Å²) in [7, 11) is 3.47. The van der Waals surface area contributed by atoms with Crippen molar-refractivity contribution in [1.82, 2.24) is 19.4 Å². The lowest BCUT2D eigenvalue weighted by molar-refractivity contribution is 0.0963. The lowest BCUT2D eigenvalue weighted by Crippen LogP contribution is -2.42. The molecule has 3 heterocycles. The van der Waals surface area contributed by atoms with Gasteiger partial charge in [-0.3, -0.25) is 14.3 Å². The monoisotopic (exact) mass is 363 g/mol. The minimum atomic E-state index is -0.119. The molecule has 0 aliphatic carbocycles. The SMILES string of the molecule is CN(C)C(=O)N1CCc2c(cncc2C(=O)n2ccc3cc(N)ccc32)C1. The molecule has 2 amide bonds. The summed E-state index contributed by atoms with van der Waals surface area (Å²) >= 11 is 0. The average Bonchev–Trinajstić information content (AvgIpc) is 3.08. The van der Waals surface area contributed by atoms with E-state index in [9.17, 15) is 9.59 Å². The van der Waals surface area contributed by atoms with Gasteiger partial charge in [0.15, 0.2) is 0 Å². The molecule has 138 valence electrons. The van der Waals surface area contributed by atoms with Crippen LogP contribution in [0.5, 0.6) is 0 Å². The number of benzene rings is 1. The van der Waals surface area contributed by atoms with Crippen LogP contribution in [0.25, 0.3) is 10.9 Å². The first-order valence-electron chi connectivity index (χ1n) is 8.79. The summed E-state index contributed by atoms with van der Waals surface area (Å²) in [5.74, 6) is -0.119. The fourth-order valence-corrected chi connectivity index (χ4v) is 3.59. The highest BCUT2D eigenvalue weighted by Gasteiger charge is 2.26. The first kappa shape index (κ1) is 17.1. The van der Waals surface area contributed by atoms with E-state index in [-0.39, 0.29) is 11.9 Å². The molecular formula is C20H21N5O2. The van der Waals surface area contributed by atoms with E-state index in [1.807, 2.05) is 18.2 Å². The Balaban J connectivity index is 1.70. The summed E-state index contributed by atoms with van der Waals surface area (Å²) in [5, 5.41) is 0.920. The summed E-state index contributed by atoms with van der Waals surface area (Å²) in [6.45, 7) is 1.04. The van der Waals surface area contributed by atoms with Gasteiger partial charge in [0, 0.05) is 56.8 Å². The van der Waals surface area contributed by atoms with Crippen LogP contribution >= 0.6 is 0 Å². The summed E-state index contributed by atoms with van der Waals surface area (Å²) in [6, 6.07) is 7.33. The van der Waals surface area contributed by atoms with Gasteiger partial charge in [0.25, 0.3) is 5.91 Å². The van der Waals surface area contributed by atoms with Gasteiger partial charge >= 0.3 is 6.03 Å². The number of pyridine rings is 1. The standard InChI is InChI=1S/C20H21N5O2/c1-23(2)20(27)24-7-6-16-14(12-24)10-22-11-17(16)19(26)25-8-5-13-9-15(21)3-4-18(13)25/h3-5,8-11H,6-7,12,21H2,1-2H3. The Labute approximate surface area is 157 Å². The van der Waals surface area contributed by atoms with Crippen LogP contribution in [-0.2, 0) is 13.0 Å². The molecular weight excluding hydrogens is 342 g/mol. The van der Waals surface area contributed by atoms with Crippen molar-refractivity contribution in [3.8, 4) is 0 Å². The Morgan fingerprint density at radius 1 is 1.19 bits per heavy atom. The van der Waals surface area contributed by atoms with Gasteiger partial charge in [-0.1, -0.05) is 0 Å². The number of urea groups is 1. The average molecular weight is 363 g/mol. The molecule has 2 N–H and O–H groups in total. The molecule has 0 bridgehead atoms. The minimum absolute atomic E-state index is 0.0358. The second-order valence-corrected chi connectivity index (χ2v) is 6.98.